The van der Waals surface area contributed by atoms with Crippen LogP contribution in [0.25, 0.3) is 32.9 Å². The number of hydrogen-bond donors (Lipinski definition) is 2. The van der Waals surface area contributed by atoms with Gasteiger partial charge in [-0.05, 0) is 42.3 Å². The number of nitrogen functional groups attached to an aromatic ring is 1. The summed E-state index contributed by atoms with van der Waals surface area (Å²) in [5.74, 6) is 0.371. The number of aromatic nitrogens is 3. The Morgan fingerprint density at radius 3 is 2.74 bits per heavy atom. The molecule has 136 valence electrons. The molecular weight excluding hydrogens is 338 g/mol. The van der Waals surface area contributed by atoms with E-state index in [9.17, 15) is 4.79 Å². The van der Waals surface area contributed by atoms with E-state index in [1.165, 1.54) is 6.33 Å². The van der Waals surface area contributed by atoms with Gasteiger partial charge in [-0.2, -0.15) is 0 Å². The van der Waals surface area contributed by atoms with Crippen LogP contribution in [-0.2, 0) is 0 Å². The lowest BCUT2D eigenvalue weighted by atomic mass is 9.98. The number of nitrogens with one attached hydrogen (secondary N) is 1. The van der Waals surface area contributed by atoms with Crippen molar-refractivity contribution in [1.82, 2.24) is 19.9 Å². The minimum Gasteiger partial charge on any atom is -0.383 e. The first-order chi connectivity index (χ1) is 13.0. The van der Waals surface area contributed by atoms with Crippen LogP contribution in [0.1, 0.15) is 30.2 Å². The Morgan fingerprint density at radius 1 is 1.19 bits per heavy atom. The SMILES string of the molecule is CNC(=O)c1cccc2cc(-c3cn(C(C)C)c4ncnc(N)c34)ccc12. The zero-order chi connectivity index (χ0) is 19.1. The van der Waals surface area contributed by atoms with Crippen molar-refractivity contribution < 1.29 is 4.79 Å². The molecule has 2 aromatic carbocycles. The van der Waals surface area contributed by atoms with Gasteiger partial charge in [0.2, 0.25) is 0 Å². The van der Waals surface area contributed by atoms with Crippen molar-refractivity contribution >= 4 is 33.5 Å². The summed E-state index contributed by atoms with van der Waals surface area (Å²) in [4.78, 5) is 20.7. The van der Waals surface area contributed by atoms with Crippen LogP contribution in [0.5, 0.6) is 0 Å². The number of benzene rings is 2. The third-order valence-corrected chi connectivity index (χ3v) is 4.86. The van der Waals surface area contributed by atoms with Gasteiger partial charge in [0.15, 0.2) is 0 Å². The van der Waals surface area contributed by atoms with E-state index in [-0.39, 0.29) is 11.9 Å². The number of fused-ring (bicyclic) bond motifs is 2. The molecule has 0 aliphatic carbocycles. The summed E-state index contributed by atoms with van der Waals surface area (Å²) in [5.41, 5.74) is 9.68. The number of rotatable bonds is 3. The lowest BCUT2D eigenvalue weighted by Crippen LogP contribution is -2.17. The summed E-state index contributed by atoms with van der Waals surface area (Å²) in [7, 11) is 1.64. The number of nitrogens with two attached hydrogens (primary N) is 1. The fraction of sp³-hybridized carbons (Fsp3) is 0.190. The summed E-state index contributed by atoms with van der Waals surface area (Å²) >= 11 is 0. The van der Waals surface area contributed by atoms with E-state index in [1.54, 1.807) is 7.05 Å². The summed E-state index contributed by atoms with van der Waals surface area (Å²) in [6, 6.07) is 12.0. The maximum Gasteiger partial charge on any atom is 0.251 e. The van der Waals surface area contributed by atoms with Crippen LogP contribution in [0.2, 0.25) is 0 Å². The number of anilines is 1. The molecule has 6 heteroatoms. The largest absolute Gasteiger partial charge is 0.383 e. The van der Waals surface area contributed by atoms with Crippen LogP contribution in [0, 0.1) is 0 Å². The molecule has 0 unspecified atom stereocenters. The molecule has 4 rings (SSSR count). The van der Waals surface area contributed by atoms with Gasteiger partial charge in [-0.1, -0.05) is 24.3 Å². The Kier molecular flexibility index (Phi) is 4.03. The maximum absolute atomic E-state index is 12.1. The second-order valence-electron chi connectivity index (χ2n) is 6.82. The highest BCUT2D eigenvalue weighted by molar-refractivity contribution is 6.08. The van der Waals surface area contributed by atoms with Crippen molar-refractivity contribution in [3.05, 3.63) is 54.5 Å². The predicted molar refractivity (Wildman–Crippen MR) is 109 cm³/mol. The molecule has 0 fully saturated rings. The Labute approximate surface area is 157 Å². The summed E-state index contributed by atoms with van der Waals surface area (Å²) < 4.78 is 2.11. The monoisotopic (exact) mass is 359 g/mol. The zero-order valence-corrected chi connectivity index (χ0v) is 15.5. The Hall–Kier alpha value is -3.41. The third-order valence-electron chi connectivity index (χ3n) is 4.86. The number of carbonyl (C=O) groups is 1. The van der Waals surface area contributed by atoms with Crippen LogP contribution in [0.15, 0.2) is 48.9 Å². The van der Waals surface area contributed by atoms with Gasteiger partial charge in [-0.15, -0.1) is 0 Å². The second kappa shape index (κ2) is 6.39. The predicted octanol–water partition coefficient (Wildman–Crippen LogP) is 3.77. The molecule has 6 nitrogen and oxygen atoms in total. The molecule has 0 saturated carbocycles. The van der Waals surface area contributed by atoms with Gasteiger partial charge in [-0.3, -0.25) is 4.79 Å². The molecule has 4 aromatic rings. The van der Waals surface area contributed by atoms with Crippen LogP contribution >= 0.6 is 0 Å². The topological polar surface area (TPSA) is 85.8 Å². The minimum absolute atomic E-state index is 0.0950. The minimum atomic E-state index is -0.0950. The first-order valence-corrected chi connectivity index (χ1v) is 8.87. The van der Waals surface area contributed by atoms with Gasteiger partial charge in [0.1, 0.15) is 17.8 Å². The molecule has 0 aliphatic heterocycles. The van der Waals surface area contributed by atoms with Crippen LogP contribution in [0.3, 0.4) is 0 Å². The molecule has 3 N–H and O–H groups in total. The highest BCUT2D eigenvalue weighted by Gasteiger charge is 2.17. The number of nitrogens with zero attached hydrogens (tertiary/aromatic N) is 3. The van der Waals surface area contributed by atoms with Gasteiger partial charge < -0.3 is 15.6 Å². The van der Waals surface area contributed by atoms with Crippen molar-refractivity contribution in [1.29, 1.82) is 0 Å². The number of carbonyl (C=O) groups excluding carboxylic acids is 1. The Bertz CT molecular complexity index is 1180. The molecular formula is C21H21N5O. The lowest BCUT2D eigenvalue weighted by Gasteiger charge is -2.08. The van der Waals surface area contributed by atoms with Gasteiger partial charge in [0.05, 0.1) is 5.39 Å². The molecule has 0 saturated heterocycles. The van der Waals surface area contributed by atoms with E-state index in [2.05, 4.69) is 46.0 Å². The van der Waals surface area contributed by atoms with E-state index in [1.807, 2.05) is 30.3 Å². The number of amides is 1. The van der Waals surface area contributed by atoms with Crippen molar-refractivity contribution in [3.8, 4) is 11.1 Å². The van der Waals surface area contributed by atoms with E-state index in [0.717, 1.165) is 32.9 Å². The molecule has 1 amide bonds. The smallest absolute Gasteiger partial charge is 0.251 e. The number of hydrogen-bond acceptors (Lipinski definition) is 4. The quantitative estimate of drug-likeness (QED) is 0.583. The molecule has 2 heterocycles. The Morgan fingerprint density at radius 2 is 2.00 bits per heavy atom. The molecule has 0 aliphatic rings. The van der Waals surface area contributed by atoms with Crippen molar-refractivity contribution in [2.24, 2.45) is 0 Å². The molecule has 27 heavy (non-hydrogen) atoms. The Balaban J connectivity index is 1.97. The van der Waals surface area contributed by atoms with E-state index < -0.39 is 0 Å². The standard InChI is InChI=1S/C21H21N5O/c1-12(2)26-10-17(18-19(22)24-11-25-20(18)26)14-7-8-15-13(9-14)5-4-6-16(15)21(27)23-3/h4-12H,1-3H3,(H,23,27)(H2,22,24,25). The summed E-state index contributed by atoms with van der Waals surface area (Å²) in [5, 5.41) is 5.46. The van der Waals surface area contributed by atoms with Crippen LogP contribution in [0.4, 0.5) is 5.82 Å². The van der Waals surface area contributed by atoms with Gasteiger partial charge in [0.25, 0.3) is 5.91 Å². The molecule has 0 bridgehead atoms. The van der Waals surface area contributed by atoms with Crippen LogP contribution in [-0.4, -0.2) is 27.5 Å². The first kappa shape index (κ1) is 17.0. The molecule has 2 aromatic heterocycles. The second-order valence-corrected chi connectivity index (χ2v) is 6.82. The molecule has 0 radical (unpaired) electrons. The van der Waals surface area contributed by atoms with E-state index in [0.29, 0.717) is 11.4 Å². The zero-order valence-electron chi connectivity index (χ0n) is 15.5. The normalized spacial score (nSPS) is 11.4. The van der Waals surface area contributed by atoms with Crippen molar-refractivity contribution in [3.63, 3.8) is 0 Å². The van der Waals surface area contributed by atoms with Crippen LogP contribution < -0.4 is 11.1 Å². The first-order valence-electron chi connectivity index (χ1n) is 8.87. The average Bonchev–Trinajstić information content (AvgIpc) is 3.08. The van der Waals surface area contributed by atoms with Crippen molar-refractivity contribution in [2.75, 3.05) is 12.8 Å². The molecule has 0 spiro atoms. The third kappa shape index (κ3) is 2.70. The molecule has 0 atom stereocenters. The van der Waals surface area contributed by atoms with Crippen molar-refractivity contribution in [2.45, 2.75) is 19.9 Å². The van der Waals surface area contributed by atoms with E-state index >= 15 is 0 Å². The highest BCUT2D eigenvalue weighted by atomic mass is 16.1. The summed E-state index contributed by atoms with van der Waals surface area (Å²) in [6.07, 6.45) is 3.57. The van der Waals surface area contributed by atoms with Gasteiger partial charge in [0, 0.05) is 30.4 Å². The van der Waals surface area contributed by atoms with Gasteiger partial charge in [-0.25, -0.2) is 9.97 Å². The van der Waals surface area contributed by atoms with E-state index in [4.69, 9.17) is 5.73 Å². The maximum atomic E-state index is 12.1. The lowest BCUT2D eigenvalue weighted by molar-refractivity contribution is 0.0964. The summed E-state index contributed by atoms with van der Waals surface area (Å²) in [6.45, 7) is 4.22. The fourth-order valence-corrected chi connectivity index (χ4v) is 3.50. The van der Waals surface area contributed by atoms with Gasteiger partial charge >= 0.3 is 0 Å². The fourth-order valence-electron chi connectivity index (χ4n) is 3.50. The highest BCUT2D eigenvalue weighted by Crippen LogP contribution is 2.35. The average molecular weight is 359 g/mol.